The maximum absolute atomic E-state index is 10.6. The van der Waals surface area contributed by atoms with E-state index >= 15 is 0 Å². The molecule has 5 nitrogen and oxygen atoms in total. The first-order valence-corrected chi connectivity index (χ1v) is 4.41. The van der Waals surface area contributed by atoms with Gasteiger partial charge in [0.05, 0.1) is 17.0 Å². The third-order valence-corrected chi connectivity index (χ3v) is 2.05. The first-order chi connectivity index (χ1) is 6.65. The molecule has 0 amide bonds. The summed E-state index contributed by atoms with van der Waals surface area (Å²) in [5.41, 5.74) is 0.333. The highest BCUT2D eigenvalue weighted by Gasteiger charge is 2.12. The van der Waals surface area contributed by atoms with Gasteiger partial charge in [0.25, 0.3) is 5.69 Å². The van der Waals surface area contributed by atoms with Gasteiger partial charge in [0.2, 0.25) is 6.08 Å². The van der Waals surface area contributed by atoms with Crippen molar-refractivity contribution < 1.29 is 9.72 Å². The molecule has 0 radical (unpaired) electrons. The van der Waals surface area contributed by atoms with Gasteiger partial charge < -0.3 is 0 Å². The van der Waals surface area contributed by atoms with E-state index in [0.717, 1.165) is 0 Å². The molecule has 0 aromatic heterocycles. The Labute approximate surface area is 87.7 Å². The van der Waals surface area contributed by atoms with E-state index in [1.807, 2.05) is 0 Å². The predicted molar refractivity (Wildman–Crippen MR) is 52.6 cm³/mol. The number of rotatable bonds is 3. The van der Waals surface area contributed by atoms with Crippen LogP contribution in [0.25, 0.3) is 0 Å². The van der Waals surface area contributed by atoms with E-state index in [4.69, 9.17) is 0 Å². The molecule has 0 aliphatic carbocycles. The molecule has 1 rings (SSSR count). The standard InChI is InChI=1S/C8H5BrN2O3/c9-7-2-1-6(4-10-5-12)8(3-7)11(13)14/h1-3H,4H2. The van der Waals surface area contributed by atoms with Gasteiger partial charge in [-0.05, 0) is 12.1 Å². The predicted octanol–water partition coefficient (Wildman–Crippen LogP) is 2.19. The van der Waals surface area contributed by atoms with Crippen LogP contribution in [0.4, 0.5) is 5.69 Å². The highest BCUT2D eigenvalue weighted by atomic mass is 79.9. The minimum absolute atomic E-state index is 0.0207. The number of nitro benzene ring substituents is 1. The van der Waals surface area contributed by atoms with Crippen molar-refractivity contribution in [3.05, 3.63) is 38.3 Å². The summed E-state index contributed by atoms with van der Waals surface area (Å²) < 4.78 is 0.614. The summed E-state index contributed by atoms with van der Waals surface area (Å²) in [5, 5.41) is 10.6. The smallest absolute Gasteiger partial charge is 0.258 e. The van der Waals surface area contributed by atoms with Gasteiger partial charge in [-0.1, -0.05) is 15.9 Å². The van der Waals surface area contributed by atoms with Crippen molar-refractivity contribution in [1.82, 2.24) is 0 Å². The summed E-state index contributed by atoms with van der Waals surface area (Å²) in [6.45, 7) is -0.0207. The minimum atomic E-state index is -0.513. The maximum Gasteiger partial charge on any atom is 0.275 e. The SMILES string of the molecule is O=C=NCc1ccc(Br)cc1[N+](=O)[O-]. The molecule has 1 aromatic carbocycles. The quantitative estimate of drug-likeness (QED) is 0.360. The van der Waals surface area contributed by atoms with Crippen LogP contribution >= 0.6 is 15.9 Å². The largest absolute Gasteiger partial charge is 0.275 e. The van der Waals surface area contributed by atoms with E-state index in [2.05, 4.69) is 20.9 Å². The summed E-state index contributed by atoms with van der Waals surface area (Å²) in [4.78, 5) is 23.2. The number of hydrogen-bond acceptors (Lipinski definition) is 4. The molecule has 0 spiro atoms. The molecule has 0 aliphatic heterocycles. The van der Waals surface area contributed by atoms with E-state index in [-0.39, 0.29) is 12.2 Å². The molecular formula is C8H5BrN2O3. The summed E-state index contributed by atoms with van der Waals surface area (Å²) in [7, 11) is 0. The number of carbonyl (C=O) groups excluding carboxylic acids is 1. The summed E-state index contributed by atoms with van der Waals surface area (Å²) in [6, 6.07) is 4.57. The molecule has 0 fully saturated rings. The highest BCUT2D eigenvalue weighted by molar-refractivity contribution is 9.10. The van der Waals surface area contributed by atoms with Gasteiger partial charge in [0, 0.05) is 10.5 Å². The first-order valence-electron chi connectivity index (χ1n) is 3.61. The van der Waals surface area contributed by atoms with Gasteiger partial charge in [0.15, 0.2) is 0 Å². The van der Waals surface area contributed by atoms with Crippen molar-refractivity contribution in [2.24, 2.45) is 4.99 Å². The Bertz CT molecular complexity index is 413. The second kappa shape index (κ2) is 4.64. The van der Waals surface area contributed by atoms with Gasteiger partial charge in [-0.15, -0.1) is 0 Å². The van der Waals surface area contributed by atoms with Crippen molar-refractivity contribution in [2.75, 3.05) is 0 Å². The monoisotopic (exact) mass is 256 g/mol. The molecule has 14 heavy (non-hydrogen) atoms. The van der Waals surface area contributed by atoms with Crippen molar-refractivity contribution in [3.8, 4) is 0 Å². The Morgan fingerprint density at radius 1 is 1.57 bits per heavy atom. The average Bonchev–Trinajstić information content (AvgIpc) is 2.15. The van der Waals surface area contributed by atoms with Crippen LogP contribution in [0.5, 0.6) is 0 Å². The van der Waals surface area contributed by atoms with Crippen LogP contribution in [0.1, 0.15) is 5.56 Å². The van der Waals surface area contributed by atoms with Crippen LogP contribution in [-0.4, -0.2) is 11.0 Å². The molecule has 72 valence electrons. The Hall–Kier alpha value is -1.52. The Balaban J connectivity index is 3.14. The second-order valence-corrected chi connectivity index (χ2v) is 3.35. The molecule has 0 unspecified atom stereocenters. The van der Waals surface area contributed by atoms with E-state index in [1.54, 1.807) is 12.1 Å². The number of hydrogen-bond donors (Lipinski definition) is 0. The molecule has 0 atom stereocenters. The lowest BCUT2D eigenvalue weighted by atomic mass is 10.2. The van der Waals surface area contributed by atoms with Crippen molar-refractivity contribution in [3.63, 3.8) is 0 Å². The normalized spacial score (nSPS) is 9.21. The Kier molecular flexibility index (Phi) is 3.50. The van der Waals surface area contributed by atoms with Gasteiger partial charge in [-0.2, -0.15) is 0 Å². The molecule has 6 heteroatoms. The number of nitrogens with zero attached hydrogens (tertiary/aromatic N) is 2. The van der Waals surface area contributed by atoms with E-state index in [9.17, 15) is 14.9 Å². The van der Waals surface area contributed by atoms with E-state index < -0.39 is 4.92 Å². The molecular weight excluding hydrogens is 252 g/mol. The Morgan fingerprint density at radius 3 is 2.86 bits per heavy atom. The summed E-state index contributed by atoms with van der Waals surface area (Å²) in [5.74, 6) is 0. The molecule has 0 bridgehead atoms. The van der Waals surface area contributed by atoms with E-state index in [1.165, 1.54) is 12.1 Å². The molecule has 0 N–H and O–H groups in total. The van der Waals surface area contributed by atoms with Crippen LogP contribution in [0, 0.1) is 10.1 Å². The summed E-state index contributed by atoms with van der Waals surface area (Å²) >= 11 is 3.12. The van der Waals surface area contributed by atoms with Crippen LogP contribution in [0.3, 0.4) is 0 Å². The maximum atomic E-state index is 10.6. The zero-order chi connectivity index (χ0) is 10.6. The molecule has 0 heterocycles. The summed E-state index contributed by atoms with van der Waals surface area (Å²) in [6.07, 6.45) is 1.34. The zero-order valence-electron chi connectivity index (χ0n) is 6.94. The fourth-order valence-corrected chi connectivity index (χ4v) is 1.31. The van der Waals surface area contributed by atoms with Crippen LogP contribution < -0.4 is 0 Å². The second-order valence-electron chi connectivity index (χ2n) is 2.44. The number of halogens is 1. The average molecular weight is 257 g/mol. The Morgan fingerprint density at radius 2 is 2.29 bits per heavy atom. The fraction of sp³-hybridized carbons (Fsp3) is 0.125. The molecule has 0 saturated carbocycles. The first kappa shape index (κ1) is 10.6. The topological polar surface area (TPSA) is 72.6 Å². The molecule has 0 aliphatic rings. The minimum Gasteiger partial charge on any atom is -0.258 e. The lowest BCUT2D eigenvalue weighted by Crippen LogP contribution is -1.94. The number of nitro groups is 1. The number of isocyanates is 1. The van der Waals surface area contributed by atoms with Crippen LogP contribution in [0.2, 0.25) is 0 Å². The van der Waals surface area contributed by atoms with Crippen LogP contribution in [-0.2, 0) is 11.3 Å². The van der Waals surface area contributed by atoms with Crippen molar-refractivity contribution >= 4 is 27.7 Å². The third-order valence-electron chi connectivity index (χ3n) is 1.56. The third kappa shape index (κ3) is 2.48. The van der Waals surface area contributed by atoms with Gasteiger partial charge in [-0.3, -0.25) is 10.1 Å². The van der Waals surface area contributed by atoms with Gasteiger partial charge in [-0.25, -0.2) is 9.79 Å². The molecule has 0 saturated heterocycles. The van der Waals surface area contributed by atoms with Crippen LogP contribution in [0.15, 0.2) is 27.7 Å². The lowest BCUT2D eigenvalue weighted by molar-refractivity contribution is -0.385. The lowest BCUT2D eigenvalue weighted by Gasteiger charge is -1.98. The number of aliphatic imine (C=N–C) groups is 1. The van der Waals surface area contributed by atoms with Gasteiger partial charge >= 0.3 is 0 Å². The number of benzene rings is 1. The zero-order valence-corrected chi connectivity index (χ0v) is 8.52. The van der Waals surface area contributed by atoms with Gasteiger partial charge in [0.1, 0.15) is 0 Å². The van der Waals surface area contributed by atoms with E-state index in [0.29, 0.717) is 10.0 Å². The van der Waals surface area contributed by atoms with Crippen molar-refractivity contribution in [1.29, 1.82) is 0 Å². The van der Waals surface area contributed by atoms with Crippen molar-refractivity contribution in [2.45, 2.75) is 6.54 Å². The highest BCUT2D eigenvalue weighted by Crippen LogP contribution is 2.23. The molecule has 1 aromatic rings. The fourth-order valence-electron chi connectivity index (χ4n) is 0.958.